The molecular weight excluding hydrogens is 257 g/mol. The number of fused-ring (bicyclic) bond motifs is 1. The van der Waals surface area contributed by atoms with E-state index in [9.17, 15) is 18.0 Å². The molecule has 0 saturated carbocycles. The van der Waals surface area contributed by atoms with Gasteiger partial charge in [0.15, 0.2) is 5.43 Å². The molecule has 1 aromatic carbocycles. The molecular formula is C13H11F3N2O. The molecule has 100 valence electrons. The van der Waals surface area contributed by atoms with Crippen molar-refractivity contribution in [2.45, 2.75) is 12.2 Å². The van der Waals surface area contributed by atoms with Gasteiger partial charge < -0.3 is 10.7 Å². The molecule has 2 aromatic rings. The van der Waals surface area contributed by atoms with E-state index in [0.29, 0.717) is 5.52 Å². The van der Waals surface area contributed by atoms with Crippen LogP contribution in [0.5, 0.6) is 0 Å². The first-order valence-electron chi connectivity index (χ1n) is 5.45. The molecule has 1 atom stereocenters. The summed E-state index contributed by atoms with van der Waals surface area (Å²) in [4.78, 5) is 14.9. The predicted octanol–water partition coefficient (Wildman–Crippen LogP) is 2.73. The van der Waals surface area contributed by atoms with E-state index < -0.39 is 23.2 Å². The van der Waals surface area contributed by atoms with Gasteiger partial charge in [0.05, 0.1) is 11.6 Å². The van der Waals surface area contributed by atoms with Crippen LogP contribution in [0.1, 0.15) is 17.2 Å². The van der Waals surface area contributed by atoms with Gasteiger partial charge in [0.1, 0.15) is 0 Å². The van der Waals surface area contributed by atoms with Crippen molar-refractivity contribution in [3.05, 3.63) is 58.4 Å². The highest BCUT2D eigenvalue weighted by Gasteiger charge is 2.30. The topological polar surface area (TPSA) is 58.9 Å². The van der Waals surface area contributed by atoms with Crippen LogP contribution in [0, 0.1) is 0 Å². The van der Waals surface area contributed by atoms with Crippen molar-refractivity contribution < 1.29 is 13.2 Å². The second-order valence-electron chi connectivity index (χ2n) is 4.09. The van der Waals surface area contributed by atoms with Crippen molar-refractivity contribution in [1.29, 1.82) is 0 Å². The van der Waals surface area contributed by atoms with E-state index in [1.165, 1.54) is 18.3 Å². The summed E-state index contributed by atoms with van der Waals surface area (Å²) in [6.07, 6.45) is -1.74. The molecule has 2 rings (SSSR count). The summed E-state index contributed by atoms with van der Waals surface area (Å²) in [6, 6.07) is 2.25. The molecule has 0 saturated heterocycles. The van der Waals surface area contributed by atoms with Gasteiger partial charge in [-0.2, -0.15) is 13.2 Å². The minimum absolute atomic E-state index is 0.0374. The van der Waals surface area contributed by atoms with Crippen LogP contribution in [0.15, 0.2) is 41.8 Å². The van der Waals surface area contributed by atoms with E-state index >= 15 is 0 Å². The van der Waals surface area contributed by atoms with Crippen LogP contribution >= 0.6 is 0 Å². The normalized spacial score (nSPS) is 13.5. The molecule has 1 aromatic heterocycles. The number of alkyl halides is 3. The van der Waals surface area contributed by atoms with E-state index in [2.05, 4.69) is 11.6 Å². The maximum atomic E-state index is 12.6. The minimum atomic E-state index is -4.49. The Morgan fingerprint density at radius 3 is 2.63 bits per heavy atom. The smallest absolute Gasteiger partial charge is 0.361 e. The number of pyridine rings is 1. The van der Waals surface area contributed by atoms with Crippen LogP contribution in [-0.2, 0) is 6.18 Å². The van der Waals surface area contributed by atoms with Crippen LogP contribution in [0.25, 0.3) is 10.9 Å². The average molecular weight is 268 g/mol. The fraction of sp³-hybridized carbons (Fsp3) is 0.154. The van der Waals surface area contributed by atoms with Crippen molar-refractivity contribution >= 4 is 10.9 Å². The molecule has 19 heavy (non-hydrogen) atoms. The second kappa shape index (κ2) is 4.55. The summed E-state index contributed by atoms with van der Waals surface area (Å²) < 4.78 is 37.9. The Bertz CT molecular complexity index is 688. The van der Waals surface area contributed by atoms with Gasteiger partial charge in [-0.3, -0.25) is 4.79 Å². The number of benzene rings is 1. The zero-order valence-corrected chi connectivity index (χ0v) is 9.79. The monoisotopic (exact) mass is 268 g/mol. The van der Waals surface area contributed by atoms with E-state index in [4.69, 9.17) is 5.73 Å². The summed E-state index contributed by atoms with van der Waals surface area (Å²) >= 11 is 0. The Labute approximate surface area is 106 Å². The molecule has 6 heteroatoms. The standard InChI is InChI=1S/C13H11F3N2O/c1-2-10(17)9-6-18-11-4-3-7(13(14,15)16)5-8(11)12(9)19/h2-6,10H,1,17H2,(H,18,19)/t10-/m1/s1. The van der Waals surface area contributed by atoms with Crippen molar-refractivity contribution in [2.75, 3.05) is 0 Å². The predicted molar refractivity (Wildman–Crippen MR) is 66.7 cm³/mol. The van der Waals surface area contributed by atoms with Gasteiger partial charge >= 0.3 is 6.18 Å². The number of nitrogens with two attached hydrogens (primary N) is 1. The highest BCUT2D eigenvalue weighted by molar-refractivity contribution is 5.79. The van der Waals surface area contributed by atoms with Crippen molar-refractivity contribution in [3.63, 3.8) is 0 Å². The van der Waals surface area contributed by atoms with Crippen LogP contribution < -0.4 is 11.2 Å². The third-order valence-electron chi connectivity index (χ3n) is 2.85. The van der Waals surface area contributed by atoms with Gasteiger partial charge in [0.25, 0.3) is 0 Å². The zero-order chi connectivity index (χ0) is 14.2. The lowest BCUT2D eigenvalue weighted by atomic mass is 10.0. The number of H-pyrrole nitrogens is 1. The van der Waals surface area contributed by atoms with Crippen LogP contribution in [0.2, 0.25) is 0 Å². The number of hydrogen-bond donors (Lipinski definition) is 2. The van der Waals surface area contributed by atoms with Crippen molar-refractivity contribution in [3.8, 4) is 0 Å². The number of rotatable bonds is 2. The number of halogens is 3. The summed E-state index contributed by atoms with van der Waals surface area (Å²) in [5.74, 6) is 0. The Balaban J connectivity index is 2.73. The number of aromatic nitrogens is 1. The maximum Gasteiger partial charge on any atom is 0.416 e. The lowest BCUT2D eigenvalue weighted by Gasteiger charge is -2.10. The Kier molecular flexibility index (Phi) is 3.20. The molecule has 0 aliphatic rings. The van der Waals surface area contributed by atoms with E-state index in [-0.39, 0.29) is 10.9 Å². The lowest BCUT2D eigenvalue weighted by Crippen LogP contribution is -2.19. The Hall–Kier alpha value is -2.08. The van der Waals surface area contributed by atoms with Gasteiger partial charge in [-0.25, -0.2) is 0 Å². The molecule has 3 nitrogen and oxygen atoms in total. The van der Waals surface area contributed by atoms with Crippen molar-refractivity contribution in [1.82, 2.24) is 4.98 Å². The maximum absolute atomic E-state index is 12.6. The SMILES string of the molecule is C=C[C@@H](N)c1c[nH]c2ccc(C(F)(F)F)cc2c1=O. The molecule has 0 spiro atoms. The Morgan fingerprint density at radius 1 is 1.37 bits per heavy atom. The first kappa shape index (κ1) is 13.4. The molecule has 0 aliphatic heterocycles. The van der Waals surface area contributed by atoms with Gasteiger partial charge in [0.2, 0.25) is 0 Å². The molecule has 0 unspecified atom stereocenters. The number of aromatic amines is 1. The molecule has 0 fully saturated rings. The third-order valence-corrected chi connectivity index (χ3v) is 2.85. The van der Waals surface area contributed by atoms with Crippen LogP contribution in [-0.4, -0.2) is 4.98 Å². The number of nitrogens with one attached hydrogen (secondary N) is 1. The summed E-state index contributed by atoms with van der Waals surface area (Å²) in [5.41, 5.74) is 4.78. The molecule has 0 bridgehead atoms. The average Bonchev–Trinajstić information content (AvgIpc) is 2.37. The van der Waals surface area contributed by atoms with Gasteiger partial charge in [-0.05, 0) is 18.2 Å². The van der Waals surface area contributed by atoms with E-state index in [1.54, 1.807) is 0 Å². The fourth-order valence-corrected chi connectivity index (χ4v) is 1.79. The molecule has 0 amide bonds. The molecule has 0 radical (unpaired) electrons. The van der Waals surface area contributed by atoms with E-state index in [1.807, 2.05) is 0 Å². The Morgan fingerprint density at radius 2 is 2.05 bits per heavy atom. The van der Waals surface area contributed by atoms with Gasteiger partial charge in [-0.15, -0.1) is 6.58 Å². The minimum Gasteiger partial charge on any atom is -0.361 e. The molecule has 3 N–H and O–H groups in total. The van der Waals surface area contributed by atoms with Crippen molar-refractivity contribution in [2.24, 2.45) is 5.73 Å². The largest absolute Gasteiger partial charge is 0.416 e. The lowest BCUT2D eigenvalue weighted by molar-refractivity contribution is -0.137. The second-order valence-corrected chi connectivity index (χ2v) is 4.09. The third kappa shape index (κ3) is 2.39. The number of hydrogen-bond acceptors (Lipinski definition) is 2. The van der Waals surface area contributed by atoms with Gasteiger partial charge in [-0.1, -0.05) is 6.08 Å². The molecule has 1 heterocycles. The highest BCUT2D eigenvalue weighted by atomic mass is 19.4. The fourth-order valence-electron chi connectivity index (χ4n) is 1.79. The highest BCUT2D eigenvalue weighted by Crippen LogP contribution is 2.30. The molecule has 0 aliphatic carbocycles. The zero-order valence-electron chi connectivity index (χ0n) is 9.79. The van der Waals surface area contributed by atoms with E-state index in [0.717, 1.165) is 12.1 Å². The summed E-state index contributed by atoms with van der Waals surface area (Å²) in [5, 5.41) is -0.0374. The summed E-state index contributed by atoms with van der Waals surface area (Å²) in [6.45, 7) is 3.46. The quantitative estimate of drug-likeness (QED) is 0.823. The first-order valence-corrected chi connectivity index (χ1v) is 5.45. The van der Waals surface area contributed by atoms with Crippen LogP contribution in [0.3, 0.4) is 0 Å². The van der Waals surface area contributed by atoms with Gasteiger partial charge in [0, 0.05) is 22.7 Å². The first-order chi connectivity index (χ1) is 8.84. The summed E-state index contributed by atoms with van der Waals surface area (Å²) in [7, 11) is 0. The van der Waals surface area contributed by atoms with Crippen LogP contribution in [0.4, 0.5) is 13.2 Å².